The molecule has 5 nitrogen and oxygen atoms in total. The molecule has 2 heterocycles. The van der Waals surface area contributed by atoms with Crippen molar-refractivity contribution in [3.63, 3.8) is 0 Å². The highest BCUT2D eigenvalue weighted by Crippen LogP contribution is 2.31. The van der Waals surface area contributed by atoms with E-state index in [0.717, 1.165) is 30.7 Å². The Bertz CT molecular complexity index is 695. The summed E-state index contributed by atoms with van der Waals surface area (Å²) in [5.41, 5.74) is 0.509. The molecule has 1 aliphatic rings. The lowest BCUT2D eigenvalue weighted by molar-refractivity contribution is -0.274. The van der Waals surface area contributed by atoms with Crippen molar-refractivity contribution in [2.75, 3.05) is 11.9 Å². The quantitative estimate of drug-likeness (QED) is 0.908. The summed E-state index contributed by atoms with van der Waals surface area (Å²) < 4.78 is 41.0. The molecule has 22 heavy (non-hydrogen) atoms. The van der Waals surface area contributed by atoms with Gasteiger partial charge in [-0.05, 0) is 31.5 Å². The minimum Gasteiger partial charge on any atom is -0.406 e. The number of ether oxygens (including phenoxy) is 1. The molecule has 0 bridgehead atoms. The van der Waals surface area contributed by atoms with E-state index < -0.39 is 6.36 Å². The Morgan fingerprint density at radius 1 is 1.45 bits per heavy atom. The van der Waals surface area contributed by atoms with Crippen molar-refractivity contribution >= 4 is 32.6 Å². The molecule has 1 aromatic carbocycles. The van der Waals surface area contributed by atoms with Crippen LogP contribution in [0.3, 0.4) is 0 Å². The molecule has 1 fully saturated rings. The molecule has 2 aromatic rings. The van der Waals surface area contributed by atoms with Gasteiger partial charge in [0.15, 0.2) is 5.13 Å². The van der Waals surface area contributed by atoms with E-state index in [2.05, 4.69) is 20.4 Å². The molecule has 3 rings (SSSR count). The predicted octanol–water partition coefficient (Wildman–Crippen LogP) is 2.89. The third-order valence-electron chi connectivity index (χ3n) is 3.20. The average molecular weight is 331 g/mol. The maximum absolute atomic E-state index is 12.2. The van der Waals surface area contributed by atoms with E-state index in [-0.39, 0.29) is 17.7 Å². The van der Waals surface area contributed by atoms with Crippen molar-refractivity contribution in [2.24, 2.45) is 0 Å². The van der Waals surface area contributed by atoms with Crippen molar-refractivity contribution in [3.05, 3.63) is 18.2 Å². The molecule has 1 aliphatic heterocycles. The van der Waals surface area contributed by atoms with Gasteiger partial charge >= 0.3 is 6.36 Å². The van der Waals surface area contributed by atoms with Crippen LogP contribution in [0.2, 0.25) is 0 Å². The highest BCUT2D eigenvalue weighted by molar-refractivity contribution is 7.22. The maximum atomic E-state index is 12.2. The van der Waals surface area contributed by atoms with Crippen molar-refractivity contribution in [1.82, 2.24) is 10.3 Å². The zero-order valence-corrected chi connectivity index (χ0v) is 12.1. The molecule has 0 saturated carbocycles. The maximum Gasteiger partial charge on any atom is 0.573 e. The van der Waals surface area contributed by atoms with Crippen LogP contribution in [-0.2, 0) is 4.79 Å². The number of alkyl halides is 3. The summed E-state index contributed by atoms with van der Waals surface area (Å²) in [4.78, 5) is 16.1. The van der Waals surface area contributed by atoms with Gasteiger partial charge in [-0.15, -0.1) is 13.2 Å². The number of carbonyl (C=O) groups excluding carboxylic acids is 1. The Balaban J connectivity index is 1.76. The lowest BCUT2D eigenvalue weighted by atomic mass is 10.2. The Kier molecular flexibility index (Phi) is 3.92. The fraction of sp³-hybridized carbons (Fsp3) is 0.385. The third-order valence-corrected chi connectivity index (χ3v) is 4.13. The van der Waals surface area contributed by atoms with E-state index in [1.807, 2.05) is 0 Å². The van der Waals surface area contributed by atoms with Gasteiger partial charge in [0.1, 0.15) is 5.75 Å². The van der Waals surface area contributed by atoms with E-state index in [1.165, 1.54) is 18.2 Å². The lowest BCUT2D eigenvalue weighted by Gasteiger charge is -2.08. The molecule has 1 aromatic heterocycles. The number of amides is 1. The SMILES string of the molecule is O=C(Nc1nc2ccc(OC(F)(F)F)cc2s1)[C@H]1CCCN1. The molecule has 0 aliphatic carbocycles. The van der Waals surface area contributed by atoms with Crippen LogP contribution in [0.4, 0.5) is 18.3 Å². The van der Waals surface area contributed by atoms with Gasteiger partial charge in [-0.2, -0.15) is 0 Å². The zero-order valence-electron chi connectivity index (χ0n) is 11.2. The number of benzene rings is 1. The van der Waals surface area contributed by atoms with E-state index in [4.69, 9.17) is 0 Å². The van der Waals surface area contributed by atoms with Crippen LogP contribution in [0.15, 0.2) is 18.2 Å². The molecule has 2 N–H and O–H groups in total. The number of aromatic nitrogens is 1. The molecule has 118 valence electrons. The summed E-state index contributed by atoms with van der Waals surface area (Å²) >= 11 is 1.11. The summed E-state index contributed by atoms with van der Waals surface area (Å²) in [6, 6.07) is 3.64. The number of halogens is 3. The summed E-state index contributed by atoms with van der Waals surface area (Å²) in [6.07, 6.45) is -3.03. The first-order valence-corrected chi connectivity index (χ1v) is 7.43. The lowest BCUT2D eigenvalue weighted by Crippen LogP contribution is -2.35. The highest BCUT2D eigenvalue weighted by Gasteiger charge is 2.31. The van der Waals surface area contributed by atoms with Crippen molar-refractivity contribution in [2.45, 2.75) is 25.2 Å². The first-order valence-electron chi connectivity index (χ1n) is 6.61. The second-order valence-corrected chi connectivity index (χ2v) is 5.87. The van der Waals surface area contributed by atoms with Crippen LogP contribution in [0.25, 0.3) is 10.2 Å². The van der Waals surface area contributed by atoms with E-state index in [0.29, 0.717) is 15.3 Å². The molecule has 0 spiro atoms. The van der Waals surface area contributed by atoms with Gasteiger partial charge in [0, 0.05) is 6.07 Å². The Labute approximate surface area is 127 Å². The van der Waals surface area contributed by atoms with Gasteiger partial charge in [0.2, 0.25) is 5.91 Å². The number of carbonyl (C=O) groups is 1. The molecule has 0 radical (unpaired) electrons. The molecule has 0 unspecified atom stereocenters. The molecular weight excluding hydrogens is 319 g/mol. The summed E-state index contributed by atoms with van der Waals surface area (Å²) in [5, 5.41) is 6.11. The molecule has 1 amide bonds. The van der Waals surface area contributed by atoms with E-state index in [1.54, 1.807) is 0 Å². The number of hydrogen-bond donors (Lipinski definition) is 2. The predicted molar refractivity (Wildman–Crippen MR) is 76.0 cm³/mol. The first-order chi connectivity index (χ1) is 10.4. The number of rotatable bonds is 3. The summed E-state index contributed by atoms with van der Waals surface area (Å²) in [5.74, 6) is -0.484. The highest BCUT2D eigenvalue weighted by atomic mass is 32.1. The van der Waals surface area contributed by atoms with Gasteiger partial charge in [-0.3, -0.25) is 4.79 Å². The standard InChI is InChI=1S/C13H12F3N3O2S/c14-13(15,16)21-7-3-4-8-10(6-7)22-12(18-8)19-11(20)9-2-1-5-17-9/h3-4,6,9,17H,1-2,5H2,(H,18,19,20)/t9-/m1/s1. The number of anilines is 1. The number of nitrogens with one attached hydrogen (secondary N) is 2. The fourth-order valence-electron chi connectivity index (χ4n) is 2.26. The van der Waals surface area contributed by atoms with Gasteiger partial charge in [-0.1, -0.05) is 11.3 Å². The van der Waals surface area contributed by atoms with Gasteiger partial charge < -0.3 is 15.4 Å². The van der Waals surface area contributed by atoms with Gasteiger partial charge in [-0.25, -0.2) is 4.98 Å². The van der Waals surface area contributed by atoms with Crippen LogP contribution in [0.1, 0.15) is 12.8 Å². The monoisotopic (exact) mass is 331 g/mol. The second-order valence-electron chi connectivity index (χ2n) is 4.83. The largest absolute Gasteiger partial charge is 0.573 e. The minimum absolute atomic E-state index is 0.177. The fourth-order valence-corrected chi connectivity index (χ4v) is 3.15. The number of nitrogens with zero attached hydrogens (tertiary/aromatic N) is 1. The van der Waals surface area contributed by atoms with Crippen LogP contribution in [0, 0.1) is 0 Å². The first kappa shape index (κ1) is 15.0. The average Bonchev–Trinajstić information content (AvgIpc) is 3.04. The molecular formula is C13H12F3N3O2S. The Morgan fingerprint density at radius 2 is 2.27 bits per heavy atom. The summed E-state index contributed by atoms with van der Waals surface area (Å²) in [7, 11) is 0. The Morgan fingerprint density at radius 3 is 2.95 bits per heavy atom. The number of thiazole rings is 1. The Hall–Kier alpha value is -1.87. The minimum atomic E-state index is -4.73. The van der Waals surface area contributed by atoms with E-state index in [9.17, 15) is 18.0 Å². The van der Waals surface area contributed by atoms with Crippen molar-refractivity contribution in [3.8, 4) is 5.75 Å². The van der Waals surface area contributed by atoms with Crippen LogP contribution in [0.5, 0.6) is 5.75 Å². The normalized spacial score (nSPS) is 18.6. The molecule has 9 heteroatoms. The third kappa shape index (κ3) is 3.47. The number of fused-ring (bicyclic) bond motifs is 1. The van der Waals surface area contributed by atoms with Gasteiger partial charge in [0.25, 0.3) is 0 Å². The number of hydrogen-bond acceptors (Lipinski definition) is 5. The zero-order chi connectivity index (χ0) is 15.7. The van der Waals surface area contributed by atoms with Crippen molar-refractivity contribution < 1.29 is 22.7 Å². The van der Waals surface area contributed by atoms with Gasteiger partial charge in [0.05, 0.1) is 16.3 Å². The van der Waals surface area contributed by atoms with E-state index >= 15 is 0 Å². The van der Waals surface area contributed by atoms with Crippen molar-refractivity contribution in [1.29, 1.82) is 0 Å². The topological polar surface area (TPSA) is 63.2 Å². The van der Waals surface area contributed by atoms with Crippen LogP contribution >= 0.6 is 11.3 Å². The van der Waals surface area contributed by atoms with Crippen LogP contribution in [-0.4, -0.2) is 29.8 Å². The smallest absolute Gasteiger partial charge is 0.406 e. The second kappa shape index (κ2) is 5.73. The molecule has 1 atom stereocenters. The summed E-state index contributed by atoms with van der Waals surface area (Å²) in [6.45, 7) is 0.802. The molecule has 1 saturated heterocycles. The van der Waals surface area contributed by atoms with Crippen LogP contribution < -0.4 is 15.4 Å².